The summed E-state index contributed by atoms with van der Waals surface area (Å²) in [6, 6.07) is 4.30. The van der Waals surface area contributed by atoms with Crippen LogP contribution in [0.25, 0.3) is 0 Å². The Hall–Kier alpha value is -1.49. The summed E-state index contributed by atoms with van der Waals surface area (Å²) in [6.07, 6.45) is 5.26. The van der Waals surface area contributed by atoms with Gasteiger partial charge in [-0.1, -0.05) is 0 Å². The summed E-state index contributed by atoms with van der Waals surface area (Å²) in [5.74, 6) is 0.335. The van der Waals surface area contributed by atoms with Gasteiger partial charge in [0.05, 0.1) is 6.04 Å². The van der Waals surface area contributed by atoms with E-state index in [0.717, 1.165) is 32.0 Å². The first kappa shape index (κ1) is 15.7. The van der Waals surface area contributed by atoms with Crippen molar-refractivity contribution < 1.29 is 13.6 Å². The number of hydrogen-bond donors (Lipinski definition) is 0. The lowest BCUT2D eigenvalue weighted by Crippen LogP contribution is -2.60. The first-order chi connectivity index (χ1) is 12.1. The zero-order chi connectivity index (χ0) is 17.1. The number of halogens is 2. The van der Waals surface area contributed by atoms with Crippen LogP contribution in [0.15, 0.2) is 18.2 Å². The van der Waals surface area contributed by atoms with E-state index in [1.807, 2.05) is 0 Å². The first-order valence-electron chi connectivity index (χ1n) is 9.59. The second kappa shape index (κ2) is 5.76. The van der Waals surface area contributed by atoms with Crippen molar-refractivity contribution in [3.63, 3.8) is 0 Å². The van der Waals surface area contributed by atoms with Crippen LogP contribution in [0.3, 0.4) is 0 Å². The molecule has 134 valence electrons. The van der Waals surface area contributed by atoms with Crippen molar-refractivity contribution in [2.45, 2.75) is 50.1 Å². The van der Waals surface area contributed by atoms with E-state index in [1.165, 1.54) is 25.0 Å². The zero-order valence-corrected chi connectivity index (χ0v) is 14.3. The molecule has 3 atom stereocenters. The summed E-state index contributed by atoms with van der Waals surface area (Å²) in [5, 5.41) is 0. The number of amides is 1. The van der Waals surface area contributed by atoms with Crippen molar-refractivity contribution in [3.05, 3.63) is 35.4 Å². The van der Waals surface area contributed by atoms with Crippen LogP contribution < -0.4 is 0 Å². The van der Waals surface area contributed by atoms with Crippen LogP contribution in [-0.2, 0) is 4.79 Å². The van der Waals surface area contributed by atoms with E-state index in [9.17, 15) is 13.6 Å². The van der Waals surface area contributed by atoms with E-state index in [-0.39, 0.29) is 23.9 Å². The summed E-state index contributed by atoms with van der Waals surface area (Å²) in [4.78, 5) is 17.4. The molecule has 3 nitrogen and oxygen atoms in total. The Morgan fingerprint density at radius 3 is 2.32 bits per heavy atom. The number of likely N-dealkylation sites (tertiary alicyclic amines) is 1. The van der Waals surface area contributed by atoms with Gasteiger partial charge < -0.3 is 4.90 Å². The van der Waals surface area contributed by atoms with Gasteiger partial charge in [0.1, 0.15) is 11.6 Å². The molecule has 0 N–H and O–H groups in total. The molecule has 0 radical (unpaired) electrons. The third kappa shape index (κ3) is 2.67. The molecule has 5 fully saturated rings. The second-order valence-corrected chi connectivity index (χ2v) is 8.36. The van der Waals surface area contributed by atoms with Gasteiger partial charge in [-0.25, -0.2) is 8.78 Å². The van der Waals surface area contributed by atoms with Crippen LogP contribution in [-0.4, -0.2) is 47.4 Å². The quantitative estimate of drug-likeness (QED) is 0.839. The number of piperidine rings is 3. The molecule has 1 amide bonds. The molecule has 1 aliphatic carbocycles. The number of benzene rings is 1. The van der Waals surface area contributed by atoms with Crippen molar-refractivity contribution in [1.29, 1.82) is 0 Å². The highest BCUT2D eigenvalue weighted by atomic mass is 19.1. The summed E-state index contributed by atoms with van der Waals surface area (Å²) < 4.78 is 27.6. The second-order valence-electron chi connectivity index (χ2n) is 8.36. The fourth-order valence-electron chi connectivity index (χ4n) is 5.47. The Morgan fingerprint density at radius 2 is 1.68 bits per heavy atom. The van der Waals surface area contributed by atoms with Crippen LogP contribution in [0.4, 0.5) is 8.78 Å². The van der Waals surface area contributed by atoms with E-state index < -0.39 is 11.6 Å². The van der Waals surface area contributed by atoms with Gasteiger partial charge in [0, 0.05) is 31.0 Å². The Labute approximate surface area is 147 Å². The molecule has 0 aromatic heterocycles. The molecule has 1 aromatic rings. The molecule has 1 aromatic carbocycles. The molecule has 4 aliphatic heterocycles. The summed E-state index contributed by atoms with van der Waals surface area (Å²) in [7, 11) is 0. The van der Waals surface area contributed by atoms with Gasteiger partial charge in [-0.3, -0.25) is 9.69 Å². The van der Waals surface area contributed by atoms with Crippen LogP contribution in [0.1, 0.15) is 43.6 Å². The molecule has 6 rings (SSSR count). The maximum Gasteiger partial charge on any atom is 0.223 e. The van der Waals surface area contributed by atoms with E-state index in [2.05, 4.69) is 9.80 Å². The van der Waals surface area contributed by atoms with Crippen LogP contribution in [0.2, 0.25) is 0 Å². The highest BCUT2D eigenvalue weighted by Gasteiger charge is 2.54. The smallest absolute Gasteiger partial charge is 0.223 e. The van der Waals surface area contributed by atoms with Crippen molar-refractivity contribution in [2.24, 2.45) is 11.8 Å². The maximum absolute atomic E-state index is 13.8. The average molecular weight is 346 g/mol. The molecule has 4 heterocycles. The number of hydrogen-bond acceptors (Lipinski definition) is 2. The molecule has 25 heavy (non-hydrogen) atoms. The molecular formula is C20H24F2N2O. The number of nitrogens with zero attached hydrogens (tertiary/aromatic N) is 2. The Morgan fingerprint density at radius 1 is 1.00 bits per heavy atom. The van der Waals surface area contributed by atoms with Gasteiger partial charge in [0.2, 0.25) is 5.91 Å². The maximum atomic E-state index is 13.8. The van der Waals surface area contributed by atoms with E-state index >= 15 is 0 Å². The topological polar surface area (TPSA) is 23.6 Å². The third-order valence-electron chi connectivity index (χ3n) is 6.79. The van der Waals surface area contributed by atoms with Gasteiger partial charge in [0.25, 0.3) is 0 Å². The highest BCUT2D eigenvalue weighted by molar-refractivity contribution is 5.78. The zero-order valence-electron chi connectivity index (χ0n) is 14.3. The van der Waals surface area contributed by atoms with E-state index in [4.69, 9.17) is 0 Å². The van der Waals surface area contributed by atoms with E-state index in [1.54, 1.807) is 0 Å². The predicted molar refractivity (Wildman–Crippen MR) is 90.0 cm³/mol. The number of carbonyl (C=O) groups excluding carboxylic acids is 1. The number of rotatable bonds is 3. The molecular weight excluding hydrogens is 322 g/mol. The Bertz CT molecular complexity index is 677. The van der Waals surface area contributed by atoms with Crippen LogP contribution >= 0.6 is 0 Å². The largest absolute Gasteiger partial charge is 0.337 e. The monoisotopic (exact) mass is 346 g/mol. The molecule has 4 saturated heterocycles. The fourth-order valence-corrected chi connectivity index (χ4v) is 5.47. The third-order valence-corrected chi connectivity index (χ3v) is 6.79. The minimum atomic E-state index is -0.523. The number of fused-ring (bicyclic) bond motifs is 2. The van der Waals surface area contributed by atoms with Crippen molar-refractivity contribution >= 4 is 5.91 Å². The SMILES string of the molecule is O=C(CC1CC1)N1C[C@H](c2cc(F)cc(F)c2)[C@H]2[C@@H]1C1CCN2CC1. The summed E-state index contributed by atoms with van der Waals surface area (Å²) in [6.45, 7) is 2.70. The predicted octanol–water partition coefficient (Wildman–Crippen LogP) is 3.15. The molecule has 5 heteroatoms. The molecule has 5 aliphatic rings. The standard InChI is InChI=1S/C20H24F2N2O/c21-15-8-14(9-16(22)10-15)17-11-24(18(25)7-12-1-2-12)19-13-3-5-23(6-4-13)20(17)19/h8-10,12-13,17,19-20H,1-7,11H2/t17-,19+,20+/m1/s1. The first-order valence-corrected chi connectivity index (χ1v) is 9.59. The molecule has 1 saturated carbocycles. The normalized spacial score (nSPS) is 36.6. The molecule has 0 spiro atoms. The van der Waals surface area contributed by atoms with Crippen molar-refractivity contribution in [3.8, 4) is 0 Å². The number of carbonyl (C=O) groups is 1. The van der Waals surface area contributed by atoms with E-state index in [0.29, 0.717) is 30.4 Å². The Kier molecular flexibility index (Phi) is 3.63. The minimum absolute atomic E-state index is 0.0152. The van der Waals surface area contributed by atoms with Gasteiger partial charge in [0.15, 0.2) is 0 Å². The minimum Gasteiger partial charge on any atom is -0.337 e. The molecule has 0 unspecified atom stereocenters. The summed E-state index contributed by atoms with van der Waals surface area (Å²) >= 11 is 0. The van der Waals surface area contributed by atoms with Gasteiger partial charge in [-0.05, 0) is 68.3 Å². The van der Waals surface area contributed by atoms with Crippen LogP contribution in [0, 0.1) is 23.5 Å². The van der Waals surface area contributed by atoms with Crippen LogP contribution in [0.5, 0.6) is 0 Å². The molecule has 2 bridgehead atoms. The average Bonchev–Trinajstić information content (AvgIpc) is 3.30. The van der Waals surface area contributed by atoms with Gasteiger partial charge >= 0.3 is 0 Å². The Balaban J connectivity index is 1.49. The highest BCUT2D eigenvalue weighted by Crippen LogP contribution is 2.47. The van der Waals surface area contributed by atoms with Crippen molar-refractivity contribution in [1.82, 2.24) is 9.80 Å². The lowest BCUT2D eigenvalue weighted by Gasteiger charge is -2.51. The van der Waals surface area contributed by atoms with Gasteiger partial charge in [-0.2, -0.15) is 0 Å². The fraction of sp³-hybridized carbons (Fsp3) is 0.650. The lowest BCUT2D eigenvalue weighted by atomic mass is 9.75. The lowest BCUT2D eigenvalue weighted by molar-refractivity contribution is -0.136. The van der Waals surface area contributed by atoms with Gasteiger partial charge in [-0.15, -0.1) is 0 Å². The summed E-state index contributed by atoms with van der Waals surface area (Å²) in [5.41, 5.74) is 0.710. The van der Waals surface area contributed by atoms with Crippen molar-refractivity contribution in [2.75, 3.05) is 19.6 Å².